The lowest BCUT2D eigenvalue weighted by molar-refractivity contribution is -0.140. The van der Waals surface area contributed by atoms with Crippen molar-refractivity contribution < 1.29 is 19.1 Å². The highest BCUT2D eigenvalue weighted by Crippen LogP contribution is 2.40. The van der Waals surface area contributed by atoms with E-state index in [0.717, 1.165) is 37.7 Å². The number of carbonyl (C=O) groups is 1. The Labute approximate surface area is 148 Å². The van der Waals surface area contributed by atoms with Gasteiger partial charge in [0.05, 0.1) is 13.2 Å². The third-order valence-electron chi connectivity index (χ3n) is 5.21. The second-order valence-electron chi connectivity index (χ2n) is 8.25. The third-order valence-corrected chi connectivity index (χ3v) is 9.71. The van der Waals surface area contributed by atoms with Crippen molar-refractivity contribution in [1.29, 1.82) is 0 Å². The van der Waals surface area contributed by atoms with E-state index in [9.17, 15) is 9.90 Å². The zero-order chi connectivity index (χ0) is 18.4. The number of aliphatic hydroxyl groups excluding tert-OH is 1. The van der Waals surface area contributed by atoms with Crippen molar-refractivity contribution in [3.05, 3.63) is 17.8 Å². The summed E-state index contributed by atoms with van der Waals surface area (Å²) in [4.78, 5) is 11.0. The largest absolute Gasteiger partial charge is 0.469 e. The minimum absolute atomic E-state index is 0.0280. The van der Waals surface area contributed by atoms with E-state index in [0.29, 0.717) is 18.9 Å². The van der Waals surface area contributed by atoms with Gasteiger partial charge in [0.1, 0.15) is 6.10 Å². The van der Waals surface area contributed by atoms with Crippen LogP contribution in [0, 0.1) is 6.10 Å². The highest BCUT2D eigenvalue weighted by molar-refractivity contribution is 6.74. The Morgan fingerprint density at radius 1 is 1.25 bits per heavy atom. The fourth-order valence-electron chi connectivity index (χ4n) is 2.60. The zero-order valence-corrected chi connectivity index (χ0v) is 17.3. The van der Waals surface area contributed by atoms with Crippen LogP contribution in [0.3, 0.4) is 0 Å². The molecule has 1 aliphatic carbocycles. The van der Waals surface area contributed by atoms with E-state index < -0.39 is 8.32 Å². The normalized spacial score (nSPS) is 19.5. The Morgan fingerprint density at radius 3 is 2.46 bits per heavy atom. The van der Waals surface area contributed by atoms with Gasteiger partial charge in [0.2, 0.25) is 0 Å². The van der Waals surface area contributed by atoms with Gasteiger partial charge in [-0.25, -0.2) is 0 Å². The smallest absolute Gasteiger partial charge is 0.305 e. The molecule has 1 rings (SSSR count). The number of hydrogen-bond acceptors (Lipinski definition) is 4. The van der Waals surface area contributed by atoms with Gasteiger partial charge in [-0.1, -0.05) is 39.7 Å². The second kappa shape index (κ2) is 9.16. The summed E-state index contributed by atoms with van der Waals surface area (Å²) >= 11 is 0. The monoisotopic (exact) mass is 355 g/mol. The standard InChI is InChI=1S/C19H35O4Si/c1-19(2,3)24(5,6)23-16-13-15(17(20)14-16)11-9-7-8-10-12-18(21)22-4/h13,16,20H,7-12,14H2,1-6H3/t16-/m0/s1. The van der Waals surface area contributed by atoms with Crippen molar-refractivity contribution in [2.45, 2.75) is 90.0 Å². The first kappa shape index (κ1) is 21.4. The van der Waals surface area contributed by atoms with Crippen LogP contribution in [0.1, 0.15) is 65.7 Å². The lowest BCUT2D eigenvalue weighted by Crippen LogP contribution is -2.43. The maximum atomic E-state index is 11.0. The van der Waals surface area contributed by atoms with Crippen LogP contribution in [0.15, 0.2) is 11.6 Å². The van der Waals surface area contributed by atoms with E-state index in [4.69, 9.17) is 4.43 Å². The molecular weight excluding hydrogens is 320 g/mol. The van der Waals surface area contributed by atoms with E-state index in [2.05, 4.69) is 44.7 Å². The van der Waals surface area contributed by atoms with Gasteiger partial charge >= 0.3 is 5.97 Å². The Hall–Kier alpha value is -0.653. The summed E-state index contributed by atoms with van der Waals surface area (Å²) < 4.78 is 11.0. The summed E-state index contributed by atoms with van der Waals surface area (Å²) in [7, 11) is -0.379. The van der Waals surface area contributed by atoms with Crippen molar-refractivity contribution >= 4 is 14.3 Å². The summed E-state index contributed by atoms with van der Waals surface area (Å²) in [5, 5.41) is 10.4. The fraction of sp³-hybridized carbons (Fsp3) is 0.789. The minimum Gasteiger partial charge on any atom is -0.469 e. The number of carbonyl (C=O) groups excluding carboxylic acids is 1. The summed E-state index contributed by atoms with van der Waals surface area (Å²) in [5.74, 6) is -0.134. The van der Waals surface area contributed by atoms with Gasteiger partial charge < -0.3 is 14.3 Å². The van der Waals surface area contributed by atoms with Crippen molar-refractivity contribution in [3.63, 3.8) is 0 Å². The third kappa shape index (κ3) is 6.69. The van der Waals surface area contributed by atoms with Crippen LogP contribution in [-0.2, 0) is 14.0 Å². The van der Waals surface area contributed by atoms with Gasteiger partial charge in [-0.05, 0) is 43.0 Å². The first-order chi connectivity index (χ1) is 11.1. The molecule has 4 nitrogen and oxygen atoms in total. The first-order valence-corrected chi connectivity index (χ1v) is 12.0. The number of ether oxygens (including phenoxy) is 1. The number of rotatable bonds is 9. The maximum Gasteiger partial charge on any atom is 0.305 e. The van der Waals surface area contributed by atoms with E-state index in [1.54, 1.807) is 0 Å². The van der Waals surface area contributed by atoms with Crippen LogP contribution >= 0.6 is 0 Å². The SMILES string of the molecule is COC(=O)CCCCCCC1=C[C@H](O[Si](C)(C)C(C)(C)C)C[C]1O. The van der Waals surface area contributed by atoms with E-state index in [1.807, 2.05) is 0 Å². The number of hydrogen-bond donors (Lipinski definition) is 1. The topological polar surface area (TPSA) is 55.8 Å². The second-order valence-corrected chi connectivity index (χ2v) is 13.0. The Morgan fingerprint density at radius 2 is 1.88 bits per heavy atom. The molecule has 0 aromatic rings. The van der Waals surface area contributed by atoms with Gasteiger partial charge in [-0.15, -0.1) is 0 Å². The lowest BCUT2D eigenvalue weighted by Gasteiger charge is -2.38. The molecule has 0 aromatic heterocycles. The summed E-state index contributed by atoms with van der Waals surface area (Å²) in [6, 6.07) is 0. The molecule has 0 unspecified atom stereocenters. The average Bonchev–Trinajstić information content (AvgIpc) is 2.80. The highest BCUT2D eigenvalue weighted by Gasteiger charge is 2.40. The molecule has 1 N–H and O–H groups in total. The van der Waals surface area contributed by atoms with Crippen LogP contribution in [0.5, 0.6) is 0 Å². The van der Waals surface area contributed by atoms with Crippen LogP contribution in [0.4, 0.5) is 0 Å². The number of esters is 1. The maximum absolute atomic E-state index is 11.0. The lowest BCUT2D eigenvalue weighted by atomic mass is 10.0. The Bertz CT molecular complexity index is 437. The molecule has 0 amide bonds. The average molecular weight is 356 g/mol. The predicted molar refractivity (Wildman–Crippen MR) is 99.7 cm³/mol. The molecule has 0 heterocycles. The van der Waals surface area contributed by atoms with E-state index in [-0.39, 0.29) is 17.1 Å². The molecule has 0 saturated carbocycles. The molecule has 139 valence electrons. The highest BCUT2D eigenvalue weighted by atomic mass is 28.4. The van der Waals surface area contributed by atoms with Gasteiger partial charge in [-0.3, -0.25) is 4.79 Å². The zero-order valence-electron chi connectivity index (χ0n) is 16.3. The van der Waals surface area contributed by atoms with Crippen molar-refractivity contribution in [2.24, 2.45) is 0 Å². The summed E-state index contributed by atoms with van der Waals surface area (Å²) in [6.45, 7) is 11.2. The fourth-order valence-corrected chi connectivity index (χ4v) is 3.86. The molecule has 0 spiro atoms. The van der Waals surface area contributed by atoms with Gasteiger partial charge in [-0.2, -0.15) is 0 Å². The molecule has 0 saturated heterocycles. The summed E-state index contributed by atoms with van der Waals surface area (Å²) in [5.41, 5.74) is 1.05. The molecule has 0 bridgehead atoms. The van der Waals surface area contributed by atoms with Crippen LogP contribution < -0.4 is 0 Å². The number of unbranched alkanes of at least 4 members (excludes halogenated alkanes) is 3. The predicted octanol–water partition coefficient (Wildman–Crippen LogP) is 5.12. The number of aliphatic hydroxyl groups is 1. The molecule has 24 heavy (non-hydrogen) atoms. The molecule has 0 aromatic carbocycles. The van der Waals surface area contributed by atoms with Crippen molar-refractivity contribution in [1.82, 2.24) is 0 Å². The van der Waals surface area contributed by atoms with E-state index >= 15 is 0 Å². The van der Waals surface area contributed by atoms with Gasteiger partial charge in [0, 0.05) is 12.8 Å². The molecule has 1 aliphatic rings. The molecular formula is C19H35O4Si. The first-order valence-electron chi connectivity index (χ1n) is 9.07. The van der Waals surface area contributed by atoms with Gasteiger partial charge in [0.25, 0.3) is 0 Å². The number of methoxy groups -OCH3 is 1. The van der Waals surface area contributed by atoms with Crippen LogP contribution in [0.25, 0.3) is 0 Å². The van der Waals surface area contributed by atoms with E-state index in [1.165, 1.54) is 7.11 Å². The van der Waals surface area contributed by atoms with Crippen LogP contribution in [0.2, 0.25) is 18.1 Å². The van der Waals surface area contributed by atoms with Gasteiger partial charge in [0.15, 0.2) is 8.32 Å². The van der Waals surface area contributed by atoms with Crippen molar-refractivity contribution in [3.8, 4) is 0 Å². The summed E-state index contributed by atoms with van der Waals surface area (Å²) in [6.07, 6.45) is 8.63. The quantitative estimate of drug-likeness (QED) is 0.354. The van der Waals surface area contributed by atoms with Crippen molar-refractivity contribution in [2.75, 3.05) is 7.11 Å². The molecule has 1 atom stereocenters. The van der Waals surface area contributed by atoms with Crippen LogP contribution in [-0.4, -0.2) is 32.6 Å². The molecule has 5 heteroatoms. The molecule has 0 aliphatic heterocycles. The minimum atomic E-state index is -1.81. The Kier molecular flexibility index (Phi) is 8.16. The Balaban J connectivity index is 2.34. The molecule has 0 fully saturated rings. The molecule has 1 radical (unpaired) electrons.